The lowest BCUT2D eigenvalue weighted by Crippen LogP contribution is -2.08. The molecule has 0 spiro atoms. The molecule has 0 bridgehead atoms. The minimum Gasteiger partial charge on any atom is -0.463 e. The van der Waals surface area contributed by atoms with Gasteiger partial charge < -0.3 is 15.2 Å². The van der Waals surface area contributed by atoms with Gasteiger partial charge in [-0.15, -0.1) is 11.6 Å². The number of nitrogens with two attached hydrogens (primary N) is 1. The molecule has 0 atom stereocenters. The van der Waals surface area contributed by atoms with E-state index < -0.39 is 0 Å². The summed E-state index contributed by atoms with van der Waals surface area (Å²) < 4.78 is 10.6. The zero-order chi connectivity index (χ0) is 12.7. The van der Waals surface area contributed by atoms with Gasteiger partial charge in [-0.25, -0.2) is 0 Å². The molecule has 0 fully saturated rings. The van der Waals surface area contributed by atoms with Crippen molar-refractivity contribution in [2.24, 2.45) is 0 Å². The lowest BCUT2D eigenvalue weighted by molar-refractivity contribution is 0.264. The SMILES string of the molecule is C=C(C)CCOc1nc(N)nc(OCCC)n1. The number of nitrogens with zero attached hydrogens (tertiary/aromatic N) is 3. The van der Waals surface area contributed by atoms with Gasteiger partial charge in [-0.1, -0.05) is 12.5 Å². The Morgan fingerprint density at radius 1 is 1.18 bits per heavy atom. The van der Waals surface area contributed by atoms with E-state index in [-0.39, 0.29) is 18.0 Å². The van der Waals surface area contributed by atoms with Crippen molar-refractivity contribution < 1.29 is 9.47 Å². The van der Waals surface area contributed by atoms with Crippen molar-refractivity contribution in [2.75, 3.05) is 18.9 Å². The molecule has 0 aliphatic carbocycles. The molecule has 0 amide bonds. The summed E-state index contributed by atoms with van der Waals surface area (Å²) in [4.78, 5) is 11.7. The Kier molecular flexibility index (Phi) is 5.19. The molecule has 6 nitrogen and oxygen atoms in total. The summed E-state index contributed by atoms with van der Waals surface area (Å²) in [5.74, 6) is 0.0939. The third-order valence-corrected chi connectivity index (χ3v) is 1.81. The van der Waals surface area contributed by atoms with Crippen LogP contribution >= 0.6 is 0 Å². The molecule has 0 saturated heterocycles. The van der Waals surface area contributed by atoms with E-state index in [0.29, 0.717) is 13.2 Å². The van der Waals surface area contributed by atoms with Gasteiger partial charge in [-0.2, -0.15) is 9.97 Å². The van der Waals surface area contributed by atoms with Gasteiger partial charge in [0.05, 0.1) is 13.2 Å². The second-order valence-electron chi connectivity index (χ2n) is 3.66. The molecular weight excluding hydrogens is 220 g/mol. The maximum Gasteiger partial charge on any atom is 0.324 e. The largest absolute Gasteiger partial charge is 0.463 e. The molecule has 1 aromatic rings. The van der Waals surface area contributed by atoms with Crippen LogP contribution in [0.15, 0.2) is 12.2 Å². The molecule has 1 aromatic heterocycles. The maximum atomic E-state index is 5.52. The summed E-state index contributed by atoms with van der Waals surface area (Å²) >= 11 is 0. The van der Waals surface area contributed by atoms with E-state index in [0.717, 1.165) is 18.4 Å². The van der Waals surface area contributed by atoms with Crippen molar-refractivity contribution in [1.29, 1.82) is 0 Å². The van der Waals surface area contributed by atoms with E-state index >= 15 is 0 Å². The van der Waals surface area contributed by atoms with Gasteiger partial charge in [0.1, 0.15) is 0 Å². The van der Waals surface area contributed by atoms with Gasteiger partial charge >= 0.3 is 12.0 Å². The third-order valence-electron chi connectivity index (χ3n) is 1.81. The molecule has 0 unspecified atom stereocenters. The van der Waals surface area contributed by atoms with Crippen molar-refractivity contribution in [2.45, 2.75) is 26.7 Å². The van der Waals surface area contributed by atoms with E-state index in [2.05, 4.69) is 21.5 Å². The highest BCUT2D eigenvalue weighted by Crippen LogP contribution is 2.11. The minimum absolute atomic E-state index is 0.0939. The van der Waals surface area contributed by atoms with Crippen molar-refractivity contribution in [3.05, 3.63) is 12.2 Å². The van der Waals surface area contributed by atoms with Gasteiger partial charge in [-0.3, -0.25) is 0 Å². The van der Waals surface area contributed by atoms with E-state index in [1.165, 1.54) is 0 Å². The van der Waals surface area contributed by atoms with Gasteiger partial charge in [0.2, 0.25) is 5.95 Å². The fourth-order valence-corrected chi connectivity index (χ4v) is 0.992. The highest BCUT2D eigenvalue weighted by Gasteiger charge is 2.06. The minimum atomic E-state index is 0.0939. The number of rotatable bonds is 7. The number of nitrogen functional groups attached to an aromatic ring is 1. The Hall–Kier alpha value is -1.85. The van der Waals surface area contributed by atoms with Crippen molar-refractivity contribution in [3.63, 3.8) is 0 Å². The van der Waals surface area contributed by atoms with Gasteiger partial charge in [0, 0.05) is 6.42 Å². The summed E-state index contributed by atoms with van der Waals surface area (Å²) in [5, 5.41) is 0. The van der Waals surface area contributed by atoms with Crippen LogP contribution in [0.4, 0.5) is 5.95 Å². The van der Waals surface area contributed by atoms with Crippen LogP contribution in [0.25, 0.3) is 0 Å². The quantitative estimate of drug-likeness (QED) is 0.726. The molecule has 17 heavy (non-hydrogen) atoms. The zero-order valence-electron chi connectivity index (χ0n) is 10.3. The summed E-state index contributed by atoms with van der Waals surface area (Å²) in [5.41, 5.74) is 6.56. The molecular formula is C11H18N4O2. The predicted octanol–water partition coefficient (Wildman–Crippen LogP) is 1.59. The average Bonchev–Trinajstić information content (AvgIpc) is 2.25. The Bertz CT molecular complexity index is 382. The lowest BCUT2D eigenvalue weighted by Gasteiger charge is -2.06. The molecule has 6 heteroatoms. The fourth-order valence-electron chi connectivity index (χ4n) is 0.992. The van der Waals surface area contributed by atoms with E-state index in [1.807, 2.05) is 13.8 Å². The summed E-state index contributed by atoms with van der Waals surface area (Å²) in [6.07, 6.45) is 1.62. The molecule has 2 N–H and O–H groups in total. The first-order valence-electron chi connectivity index (χ1n) is 5.53. The van der Waals surface area contributed by atoms with Crippen LogP contribution in [0.2, 0.25) is 0 Å². The van der Waals surface area contributed by atoms with E-state index in [4.69, 9.17) is 15.2 Å². The molecule has 94 valence electrons. The topological polar surface area (TPSA) is 83.2 Å². The molecule has 0 radical (unpaired) electrons. The molecule has 0 aliphatic heterocycles. The molecule has 0 aliphatic rings. The first kappa shape index (κ1) is 13.2. The Morgan fingerprint density at radius 3 is 2.29 bits per heavy atom. The summed E-state index contributed by atoms with van der Waals surface area (Å²) in [6, 6.07) is 0.384. The van der Waals surface area contributed by atoms with Crippen LogP contribution in [0.5, 0.6) is 12.0 Å². The maximum absolute atomic E-state index is 5.52. The molecule has 1 rings (SSSR count). The second kappa shape index (κ2) is 6.67. The van der Waals surface area contributed by atoms with Crippen molar-refractivity contribution >= 4 is 5.95 Å². The highest BCUT2D eigenvalue weighted by molar-refractivity contribution is 5.20. The number of ether oxygens (including phenoxy) is 2. The average molecular weight is 238 g/mol. The van der Waals surface area contributed by atoms with Crippen molar-refractivity contribution in [1.82, 2.24) is 15.0 Å². The standard InChI is InChI=1S/C11H18N4O2/c1-4-6-16-10-13-9(12)14-11(15-10)17-7-5-8(2)3/h2,4-7H2,1,3H3,(H2,12,13,14,15). The van der Waals surface area contributed by atoms with Crippen LogP contribution in [0, 0.1) is 0 Å². The number of aromatic nitrogens is 3. The first-order chi connectivity index (χ1) is 8.11. The monoisotopic (exact) mass is 238 g/mol. The third kappa shape index (κ3) is 5.14. The number of hydrogen-bond acceptors (Lipinski definition) is 6. The Morgan fingerprint density at radius 2 is 1.76 bits per heavy atom. The Labute approximate surface area is 101 Å². The van der Waals surface area contributed by atoms with Crippen LogP contribution in [0.1, 0.15) is 26.7 Å². The fraction of sp³-hybridized carbons (Fsp3) is 0.545. The highest BCUT2D eigenvalue weighted by atomic mass is 16.5. The Balaban J connectivity index is 2.58. The van der Waals surface area contributed by atoms with Crippen LogP contribution in [0.3, 0.4) is 0 Å². The van der Waals surface area contributed by atoms with E-state index in [1.54, 1.807) is 0 Å². The summed E-state index contributed by atoms with van der Waals surface area (Å²) in [7, 11) is 0. The summed E-state index contributed by atoms with van der Waals surface area (Å²) in [6.45, 7) is 8.71. The van der Waals surface area contributed by atoms with Crippen LogP contribution in [-0.2, 0) is 0 Å². The zero-order valence-corrected chi connectivity index (χ0v) is 10.3. The van der Waals surface area contributed by atoms with Gasteiger partial charge in [0.25, 0.3) is 0 Å². The number of anilines is 1. The number of hydrogen-bond donors (Lipinski definition) is 1. The van der Waals surface area contributed by atoms with Crippen LogP contribution in [-0.4, -0.2) is 28.2 Å². The van der Waals surface area contributed by atoms with Crippen LogP contribution < -0.4 is 15.2 Å². The van der Waals surface area contributed by atoms with E-state index in [9.17, 15) is 0 Å². The molecule has 0 aromatic carbocycles. The lowest BCUT2D eigenvalue weighted by atomic mass is 10.3. The first-order valence-corrected chi connectivity index (χ1v) is 5.53. The second-order valence-corrected chi connectivity index (χ2v) is 3.66. The molecule has 1 heterocycles. The predicted molar refractivity (Wildman–Crippen MR) is 65.0 cm³/mol. The van der Waals surface area contributed by atoms with Gasteiger partial charge in [0.15, 0.2) is 0 Å². The smallest absolute Gasteiger partial charge is 0.324 e. The normalized spacial score (nSPS) is 10.0. The molecule has 0 saturated carbocycles. The van der Waals surface area contributed by atoms with Crippen molar-refractivity contribution in [3.8, 4) is 12.0 Å². The van der Waals surface area contributed by atoms with Gasteiger partial charge in [-0.05, 0) is 13.3 Å².